The van der Waals surface area contributed by atoms with Gasteiger partial charge in [-0.15, -0.1) is 0 Å². The van der Waals surface area contributed by atoms with Crippen LogP contribution < -0.4 is 0 Å². The number of aromatic nitrogens is 2. The summed E-state index contributed by atoms with van der Waals surface area (Å²) in [6, 6.07) is 8.32. The number of fused-ring (bicyclic) bond motifs is 1. The molecule has 0 unspecified atom stereocenters. The van der Waals surface area contributed by atoms with E-state index in [1.807, 2.05) is 18.0 Å². The summed E-state index contributed by atoms with van der Waals surface area (Å²) in [7, 11) is 1.93. The highest BCUT2D eigenvalue weighted by Gasteiger charge is 2.28. The van der Waals surface area contributed by atoms with E-state index in [4.69, 9.17) is 4.98 Å². The molecule has 3 rings (SSSR count). The molecule has 1 aliphatic rings. The first kappa shape index (κ1) is 17.9. The van der Waals surface area contributed by atoms with E-state index in [2.05, 4.69) is 41.5 Å². The lowest BCUT2D eigenvalue weighted by molar-refractivity contribution is -0.136. The number of nitrogens with zero attached hydrogens (tertiary/aromatic N) is 4. The van der Waals surface area contributed by atoms with Crippen LogP contribution in [-0.2, 0) is 17.9 Å². The zero-order valence-electron chi connectivity index (χ0n) is 15.7. The van der Waals surface area contributed by atoms with Gasteiger partial charge in [0.05, 0.1) is 23.5 Å². The van der Waals surface area contributed by atoms with E-state index in [9.17, 15) is 4.79 Å². The Kier molecular flexibility index (Phi) is 5.74. The summed E-state index contributed by atoms with van der Waals surface area (Å²) in [6.07, 6.45) is 3.11. The van der Waals surface area contributed by atoms with Crippen molar-refractivity contribution in [2.45, 2.75) is 46.2 Å². The van der Waals surface area contributed by atoms with E-state index in [0.717, 1.165) is 63.3 Å². The summed E-state index contributed by atoms with van der Waals surface area (Å²) < 4.78 is 2.30. The molecule has 25 heavy (non-hydrogen) atoms. The molecule has 1 saturated heterocycles. The van der Waals surface area contributed by atoms with Crippen molar-refractivity contribution in [3.63, 3.8) is 0 Å². The van der Waals surface area contributed by atoms with Crippen LogP contribution in [0.3, 0.4) is 0 Å². The standard InChI is InChI=1S/C20H30N4O/c1-4-12-22(3)20(25)16-9-8-13-23(14-16)15-19-21-17-10-6-7-11-18(17)24(19)5-2/h6-7,10-11,16H,4-5,8-9,12-15H2,1-3H3/t16-/m1/s1. The predicted molar refractivity (Wildman–Crippen MR) is 101 cm³/mol. The van der Waals surface area contributed by atoms with Crippen LogP contribution in [0.25, 0.3) is 11.0 Å². The summed E-state index contributed by atoms with van der Waals surface area (Å²) in [5, 5.41) is 0. The number of para-hydroxylation sites is 2. The van der Waals surface area contributed by atoms with Gasteiger partial charge < -0.3 is 9.47 Å². The Bertz CT molecular complexity index is 724. The number of likely N-dealkylation sites (tertiary alicyclic amines) is 1. The van der Waals surface area contributed by atoms with Gasteiger partial charge in [-0.1, -0.05) is 19.1 Å². The fourth-order valence-corrected chi connectivity index (χ4v) is 3.96. The van der Waals surface area contributed by atoms with Crippen LogP contribution in [0.5, 0.6) is 0 Å². The lowest BCUT2D eigenvalue weighted by Gasteiger charge is -2.33. The van der Waals surface area contributed by atoms with Crippen molar-refractivity contribution in [3.8, 4) is 0 Å². The van der Waals surface area contributed by atoms with Crippen LogP contribution in [0, 0.1) is 5.92 Å². The van der Waals surface area contributed by atoms with Crippen molar-refractivity contribution < 1.29 is 4.79 Å². The summed E-state index contributed by atoms with van der Waals surface area (Å²) in [5.41, 5.74) is 2.26. The molecule has 1 fully saturated rings. The molecule has 0 spiro atoms. The van der Waals surface area contributed by atoms with Crippen LogP contribution in [0.2, 0.25) is 0 Å². The quantitative estimate of drug-likeness (QED) is 0.810. The summed E-state index contributed by atoms with van der Waals surface area (Å²) in [6.45, 7) is 8.77. The van der Waals surface area contributed by atoms with Crippen molar-refractivity contribution in [2.24, 2.45) is 5.92 Å². The van der Waals surface area contributed by atoms with Gasteiger partial charge in [-0.05, 0) is 44.9 Å². The molecule has 0 N–H and O–H groups in total. The highest BCUT2D eigenvalue weighted by molar-refractivity contribution is 5.79. The van der Waals surface area contributed by atoms with Crippen LogP contribution in [0.1, 0.15) is 38.9 Å². The van der Waals surface area contributed by atoms with Gasteiger partial charge in [0.15, 0.2) is 0 Å². The number of aryl methyl sites for hydroxylation is 1. The Morgan fingerprint density at radius 1 is 1.32 bits per heavy atom. The minimum Gasteiger partial charge on any atom is -0.345 e. The molecule has 2 aromatic rings. The molecular weight excluding hydrogens is 312 g/mol. The van der Waals surface area contributed by atoms with Gasteiger partial charge in [0.25, 0.3) is 0 Å². The lowest BCUT2D eigenvalue weighted by atomic mass is 9.96. The molecule has 0 aliphatic carbocycles. The normalized spacial score (nSPS) is 18.6. The Morgan fingerprint density at radius 3 is 2.88 bits per heavy atom. The van der Waals surface area contributed by atoms with E-state index in [-0.39, 0.29) is 5.92 Å². The third-order valence-electron chi connectivity index (χ3n) is 5.20. The predicted octanol–water partition coefficient (Wildman–Crippen LogP) is 3.14. The van der Waals surface area contributed by atoms with Gasteiger partial charge in [0.1, 0.15) is 5.82 Å². The van der Waals surface area contributed by atoms with Gasteiger partial charge in [-0.25, -0.2) is 4.98 Å². The second kappa shape index (κ2) is 8.00. The third kappa shape index (κ3) is 3.87. The first-order valence-corrected chi connectivity index (χ1v) is 9.55. The minimum absolute atomic E-state index is 0.129. The number of imidazole rings is 1. The average Bonchev–Trinajstić information content (AvgIpc) is 2.98. The zero-order valence-corrected chi connectivity index (χ0v) is 15.7. The van der Waals surface area contributed by atoms with E-state index in [0.29, 0.717) is 5.91 Å². The molecule has 5 heteroatoms. The summed E-state index contributed by atoms with van der Waals surface area (Å²) in [5.74, 6) is 1.54. The van der Waals surface area contributed by atoms with E-state index in [1.165, 1.54) is 5.52 Å². The summed E-state index contributed by atoms with van der Waals surface area (Å²) >= 11 is 0. The highest BCUT2D eigenvalue weighted by Crippen LogP contribution is 2.22. The van der Waals surface area contributed by atoms with Crippen LogP contribution in [0.4, 0.5) is 0 Å². The Hall–Kier alpha value is -1.88. The average molecular weight is 342 g/mol. The number of carbonyl (C=O) groups excluding carboxylic acids is 1. The lowest BCUT2D eigenvalue weighted by Crippen LogP contribution is -2.43. The molecule has 0 bridgehead atoms. The fraction of sp³-hybridized carbons (Fsp3) is 0.600. The monoisotopic (exact) mass is 342 g/mol. The second-order valence-corrected chi connectivity index (χ2v) is 7.10. The van der Waals surface area contributed by atoms with Gasteiger partial charge in [-0.3, -0.25) is 9.69 Å². The Morgan fingerprint density at radius 2 is 2.12 bits per heavy atom. The fourth-order valence-electron chi connectivity index (χ4n) is 3.96. The molecule has 0 radical (unpaired) electrons. The molecule has 5 nitrogen and oxygen atoms in total. The molecular formula is C20H30N4O. The maximum absolute atomic E-state index is 12.6. The van der Waals surface area contributed by atoms with E-state index in [1.54, 1.807) is 0 Å². The largest absolute Gasteiger partial charge is 0.345 e. The van der Waals surface area contributed by atoms with Crippen molar-refractivity contribution >= 4 is 16.9 Å². The molecule has 1 aromatic heterocycles. The Labute approximate surface area is 150 Å². The van der Waals surface area contributed by atoms with Gasteiger partial charge in [-0.2, -0.15) is 0 Å². The van der Waals surface area contributed by atoms with Gasteiger partial charge in [0, 0.05) is 26.7 Å². The van der Waals surface area contributed by atoms with Crippen molar-refractivity contribution in [3.05, 3.63) is 30.1 Å². The minimum atomic E-state index is 0.129. The molecule has 1 atom stereocenters. The molecule has 136 valence electrons. The highest BCUT2D eigenvalue weighted by atomic mass is 16.2. The number of amides is 1. The number of hydrogen-bond acceptors (Lipinski definition) is 3. The van der Waals surface area contributed by atoms with E-state index < -0.39 is 0 Å². The topological polar surface area (TPSA) is 41.4 Å². The SMILES string of the molecule is CCCN(C)C(=O)[C@@H]1CCCN(Cc2nc3ccccc3n2CC)C1. The number of benzene rings is 1. The van der Waals surface area contributed by atoms with Crippen molar-refractivity contribution in [1.29, 1.82) is 0 Å². The Balaban J connectivity index is 1.72. The molecule has 1 aromatic carbocycles. The molecule has 1 aliphatic heterocycles. The van der Waals surface area contributed by atoms with Gasteiger partial charge >= 0.3 is 0 Å². The van der Waals surface area contributed by atoms with Gasteiger partial charge in [0.2, 0.25) is 5.91 Å². The number of hydrogen-bond donors (Lipinski definition) is 0. The first-order valence-electron chi connectivity index (χ1n) is 9.55. The smallest absolute Gasteiger partial charge is 0.226 e. The maximum atomic E-state index is 12.6. The molecule has 0 saturated carbocycles. The second-order valence-electron chi connectivity index (χ2n) is 7.10. The number of carbonyl (C=O) groups is 1. The third-order valence-corrected chi connectivity index (χ3v) is 5.20. The van der Waals surface area contributed by atoms with E-state index >= 15 is 0 Å². The first-order chi connectivity index (χ1) is 12.1. The summed E-state index contributed by atoms with van der Waals surface area (Å²) in [4.78, 5) is 21.8. The zero-order chi connectivity index (χ0) is 17.8. The maximum Gasteiger partial charge on any atom is 0.226 e. The van der Waals surface area contributed by atoms with Crippen LogP contribution >= 0.6 is 0 Å². The van der Waals surface area contributed by atoms with Crippen LogP contribution in [-0.4, -0.2) is 51.9 Å². The number of piperidine rings is 1. The van der Waals surface area contributed by atoms with Crippen molar-refractivity contribution in [2.75, 3.05) is 26.7 Å². The number of rotatable bonds is 6. The van der Waals surface area contributed by atoms with Crippen LogP contribution in [0.15, 0.2) is 24.3 Å². The molecule has 2 heterocycles. The van der Waals surface area contributed by atoms with Crippen molar-refractivity contribution in [1.82, 2.24) is 19.4 Å². The molecule has 1 amide bonds.